The minimum Gasteiger partial charge on any atom is -0.497 e. The first-order chi connectivity index (χ1) is 19.3. The number of primary amides is 1. The molecule has 0 fully saturated rings. The van der Waals surface area contributed by atoms with Crippen LogP contribution < -0.4 is 31.2 Å². The van der Waals surface area contributed by atoms with E-state index in [0.29, 0.717) is 29.4 Å². The maximum absolute atomic E-state index is 14.2. The fourth-order valence-electron chi connectivity index (χ4n) is 4.09. The number of hydrogen-bond acceptors (Lipinski definition) is 8. The van der Waals surface area contributed by atoms with Crippen molar-refractivity contribution < 1.29 is 23.9 Å². The number of carbonyl (C=O) groups excluding carboxylic acids is 3. The van der Waals surface area contributed by atoms with Crippen LogP contribution in [0.25, 0.3) is 0 Å². The minimum atomic E-state index is -1.14. The van der Waals surface area contributed by atoms with E-state index in [2.05, 4.69) is 9.69 Å². The Labute approximate surface area is 235 Å². The Kier molecular flexibility index (Phi) is 8.97. The highest BCUT2D eigenvalue weighted by Crippen LogP contribution is 2.35. The van der Waals surface area contributed by atoms with Gasteiger partial charge >= 0.3 is 0 Å². The molecular formula is C29H29N5O5S. The van der Waals surface area contributed by atoms with E-state index < -0.39 is 23.8 Å². The maximum Gasteiger partial charge on any atom is 0.273 e. The molecule has 0 aliphatic rings. The molecule has 0 spiro atoms. The van der Waals surface area contributed by atoms with Gasteiger partial charge in [-0.2, -0.15) is 4.37 Å². The predicted octanol–water partition coefficient (Wildman–Crippen LogP) is 3.94. The molecule has 1 heterocycles. The normalized spacial score (nSPS) is 11.3. The number of nitrogens with two attached hydrogens (primary N) is 2. The molecule has 0 aliphatic carbocycles. The molecule has 11 heteroatoms. The van der Waals surface area contributed by atoms with Crippen molar-refractivity contribution >= 4 is 40.6 Å². The Balaban J connectivity index is 1.84. The summed E-state index contributed by atoms with van der Waals surface area (Å²) in [5, 5.41) is 2.95. The molecule has 4 aromatic rings. The Morgan fingerprint density at radius 1 is 1.00 bits per heavy atom. The third-order valence-corrected chi connectivity index (χ3v) is 6.88. The molecule has 5 N–H and O–H groups in total. The van der Waals surface area contributed by atoms with Gasteiger partial charge in [-0.1, -0.05) is 48.5 Å². The van der Waals surface area contributed by atoms with E-state index >= 15 is 0 Å². The molecule has 0 bridgehead atoms. The molecule has 1 unspecified atom stereocenters. The summed E-state index contributed by atoms with van der Waals surface area (Å²) in [5.74, 6) is -0.844. The number of anilines is 2. The quantitative estimate of drug-likeness (QED) is 0.252. The highest BCUT2D eigenvalue weighted by Gasteiger charge is 2.36. The van der Waals surface area contributed by atoms with Crippen LogP contribution >= 0.6 is 11.5 Å². The van der Waals surface area contributed by atoms with Crippen molar-refractivity contribution in [1.29, 1.82) is 0 Å². The average Bonchev–Trinajstić information content (AvgIpc) is 3.37. The third kappa shape index (κ3) is 6.21. The number of amides is 3. The van der Waals surface area contributed by atoms with Gasteiger partial charge in [0.15, 0.2) is 5.69 Å². The Morgan fingerprint density at radius 2 is 1.73 bits per heavy atom. The summed E-state index contributed by atoms with van der Waals surface area (Å²) in [6, 6.07) is 21.9. The lowest BCUT2D eigenvalue weighted by Crippen LogP contribution is -2.44. The third-order valence-electron chi connectivity index (χ3n) is 6.03. The van der Waals surface area contributed by atoms with Crippen LogP contribution in [0.1, 0.15) is 44.3 Å². The Bertz CT molecular complexity index is 1490. The summed E-state index contributed by atoms with van der Waals surface area (Å²) in [5.41, 5.74) is 13.0. The second kappa shape index (κ2) is 12.8. The molecule has 0 saturated heterocycles. The summed E-state index contributed by atoms with van der Waals surface area (Å²) in [4.78, 5) is 41.2. The number of nitrogens with one attached hydrogen (secondary N) is 1. The van der Waals surface area contributed by atoms with Gasteiger partial charge < -0.3 is 26.3 Å². The number of rotatable bonds is 11. The first-order valence-electron chi connectivity index (χ1n) is 12.4. The number of aromatic nitrogens is 1. The number of methoxy groups -OCH3 is 1. The fourth-order valence-corrected chi connectivity index (χ4v) is 4.84. The molecule has 0 aliphatic heterocycles. The first-order valence-corrected chi connectivity index (χ1v) is 13.2. The van der Waals surface area contributed by atoms with Crippen LogP contribution in [0.15, 0.2) is 78.9 Å². The van der Waals surface area contributed by atoms with Crippen LogP contribution in [-0.4, -0.2) is 35.8 Å². The van der Waals surface area contributed by atoms with Gasteiger partial charge in [-0.05, 0) is 53.8 Å². The van der Waals surface area contributed by atoms with Gasteiger partial charge in [-0.15, -0.1) is 0 Å². The molecule has 4 rings (SSSR count). The molecular weight excluding hydrogens is 530 g/mol. The highest BCUT2D eigenvalue weighted by molar-refractivity contribution is 7.09. The average molecular weight is 560 g/mol. The van der Waals surface area contributed by atoms with Gasteiger partial charge in [-0.25, -0.2) is 0 Å². The van der Waals surface area contributed by atoms with E-state index in [1.807, 2.05) is 37.3 Å². The fraction of sp³-hybridized carbons (Fsp3) is 0.172. The number of nitrogen functional groups attached to an aromatic ring is 1. The second-order valence-corrected chi connectivity index (χ2v) is 9.40. The van der Waals surface area contributed by atoms with Crippen LogP contribution in [0.2, 0.25) is 0 Å². The van der Waals surface area contributed by atoms with Crippen molar-refractivity contribution in [2.45, 2.75) is 19.5 Å². The second-order valence-electron chi connectivity index (χ2n) is 8.62. The van der Waals surface area contributed by atoms with E-state index in [0.717, 1.165) is 17.1 Å². The van der Waals surface area contributed by atoms with Gasteiger partial charge in [0.1, 0.15) is 22.4 Å². The summed E-state index contributed by atoms with van der Waals surface area (Å²) >= 11 is 0.739. The van der Waals surface area contributed by atoms with Gasteiger partial charge in [-0.3, -0.25) is 19.3 Å². The zero-order chi connectivity index (χ0) is 28.6. The predicted molar refractivity (Wildman–Crippen MR) is 153 cm³/mol. The Hall–Kier alpha value is -4.90. The van der Waals surface area contributed by atoms with E-state index in [-0.39, 0.29) is 22.8 Å². The summed E-state index contributed by atoms with van der Waals surface area (Å²) in [6.07, 6.45) is 0. The monoisotopic (exact) mass is 559 g/mol. The van der Waals surface area contributed by atoms with Crippen molar-refractivity contribution in [2.24, 2.45) is 5.73 Å². The van der Waals surface area contributed by atoms with Gasteiger partial charge in [0.2, 0.25) is 5.91 Å². The zero-order valence-electron chi connectivity index (χ0n) is 22.0. The van der Waals surface area contributed by atoms with Crippen molar-refractivity contribution in [1.82, 2.24) is 9.69 Å². The number of carbonyl (C=O) groups is 3. The standard InChI is InChI=1S/C29H29N5O5S/c1-3-39-21-14-12-19(13-15-21)25(28(36)32-17-18-8-5-4-6-9-18)34(20-10-7-11-22(16-20)38-2)29(37)26-23(30)24(27(31)35)33-40-26/h4-16,25H,3,17,30H2,1-2H3,(H2,31,35)(H,32,36). The summed E-state index contributed by atoms with van der Waals surface area (Å²) < 4.78 is 15.0. The van der Waals surface area contributed by atoms with Crippen molar-refractivity contribution in [3.8, 4) is 11.5 Å². The van der Waals surface area contributed by atoms with Crippen molar-refractivity contribution in [3.05, 3.63) is 101 Å². The van der Waals surface area contributed by atoms with Crippen molar-refractivity contribution in [2.75, 3.05) is 24.4 Å². The number of nitrogens with zero attached hydrogens (tertiary/aromatic N) is 2. The highest BCUT2D eigenvalue weighted by atomic mass is 32.1. The topological polar surface area (TPSA) is 150 Å². The molecule has 40 heavy (non-hydrogen) atoms. The summed E-state index contributed by atoms with van der Waals surface area (Å²) in [6.45, 7) is 2.58. The van der Waals surface area contributed by atoms with Crippen LogP contribution in [-0.2, 0) is 11.3 Å². The molecule has 10 nitrogen and oxygen atoms in total. The van der Waals surface area contributed by atoms with Gasteiger partial charge in [0, 0.05) is 18.3 Å². The number of ether oxygens (including phenoxy) is 2. The summed E-state index contributed by atoms with van der Waals surface area (Å²) in [7, 11) is 1.50. The first kappa shape index (κ1) is 28.1. The zero-order valence-corrected chi connectivity index (χ0v) is 22.8. The minimum absolute atomic E-state index is 0.0246. The maximum atomic E-state index is 14.2. The lowest BCUT2D eigenvalue weighted by atomic mass is 10.0. The van der Waals surface area contributed by atoms with Gasteiger partial charge in [0.25, 0.3) is 11.8 Å². The lowest BCUT2D eigenvalue weighted by Gasteiger charge is -2.31. The van der Waals surface area contributed by atoms with E-state index in [9.17, 15) is 14.4 Å². The van der Waals surface area contributed by atoms with Crippen molar-refractivity contribution in [3.63, 3.8) is 0 Å². The largest absolute Gasteiger partial charge is 0.497 e. The van der Waals surface area contributed by atoms with Crippen LogP contribution in [0, 0.1) is 0 Å². The molecule has 1 aromatic heterocycles. The van der Waals surface area contributed by atoms with E-state index in [1.54, 1.807) is 48.5 Å². The molecule has 3 aromatic carbocycles. The SMILES string of the molecule is CCOc1ccc(C(C(=O)NCc2ccccc2)N(C(=O)c2snc(C(N)=O)c2N)c2cccc(OC)c2)cc1. The van der Waals surface area contributed by atoms with Crippen LogP contribution in [0.3, 0.4) is 0 Å². The molecule has 1 atom stereocenters. The molecule has 3 amide bonds. The van der Waals surface area contributed by atoms with E-state index in [1.165, 1.54) is 12.0 Å². The Morgan fingerprint density at radius 3 is 2.35 bits per heavy atom. The van der Waals surface area contributed by atoms with Crippen LogP contribution in [0.5, 0.6) is 11.5 Å². The lowest BCUT2D eigenvalue weighted by molar-refractivity contribution is -0.122. The molecule has 0 radical (unpaired) electrons. The number of benzene rings is 3. The molecule has 206 valence electrons. The van der Waals surface area contributed by atoms with Crippen LogP contribution in [0.4, 0.5) is 11.4 Å². The van der Waals surface area contributed by atoms with E-state index in [4.69, 9.17) is 20.9 Å². The molecule has 0 saturated carbocycles. The van der Waals surface area contributed by atoms with Gasteiger partial charge in [0.05, 0.1) is 19.4 Å². The number of hydrogen-bond donors (Lipinski definition) is 3. The smallest absolute Gasteiger partial charge is 0.273 e.